The third kappa shape index (κ3) is 4.33. The van der Waals surface area contributed by atoms with Gasteiger partial charge in [-0.1, -0.05) is 26.0 Å². The molecular weight excluding hydrogens is 285 g/mol. The van der Waals surface area contributed by atoms with E-state index in [0.29, 0.717) is 18.4 Å². The first kappa shape index (κ1) is 17.7. The molecule has 0 aliphatic heterocycles. The summed E-state index contributed by atoms with van der Waals surface area (Å²) in [6, 6.07) is 5.29. The molecule has 4 nitrogen and oxygen atoms in total. The number of hydrogen-bond donors (Lipinski definition) is 2. The molecule has 1 atom stereocenters. The Hall–Kier alpha value is -1.31. The number of alkyl halides is 3. The minimum atomic E-state index is -4.72. The van der Waals surface area contributed by atoms with Crippen molar-refractivity contribution in [1.29, 1.82) is 0 Å². The van der Waals surface area contributed by atoms with Crippen LogP contribution in [0.15, 0.2) is 24.3 Å². The fourth-order valence-corrected chi connectivity index (χ4v) is 2.51. The average Bonchev–Trinajstić information content (AvgIpc) is 2.43. The second-order valence-electron chi connectivity index (χ2n) is 4.70. The lowest BCUT2D eigenvalue weighted by Crippen LogP contribution is -2.47. The maximum atomic E-state index is 12.3. The van der Waals surface area contributed by atoms with Crippen LogP contribution in [-0.4, -0.2) is 19.1 Å². The summed E-state index contributed by atoms with van der Waals surface area (Å²) in [6.45, 7) is 3.88. The second-order valence-corrected chi connectivity index (χ2v) is 4.70. The molecule has 3 N–H and O–H groups in total. The zero-order valence-corrected chi connectivity index (χ0v) is 12.3. The normalized spacial score (nSPS) is 14.0. The van der Waals surface area contributed by atoms with Gasteiger partial charge in [0.15, 0.2) is 0 Å². The fourth-order valence-electron chi connectivity index (χ4n) is 2.51. The number of hydrazine groups is 1. The van der Waals surface area contributed by atoms with Crippen molar-refractivity contribution >= 4 is 0 Å². The van der Waals surface area contributed by atoms with E-state index in [9.17, 15) is 13.2 Å². The molecule has 0 saturated heterocycles. The van der Waals surface area contributed by atoms with Gasteiger partial charge in [0.2, 0.25) is 0 Å². The maximum absolute atomic E-state index is 12.3. The average molecular weight is 306 g/mol. The standard InChI is InChI=1S/C14H21F3N2O2/c1-4-13(5-2,20-3)12(19-18)10-7-6-8-11(9-10)21-14(15,16)17/h6-9,12,19H,4-5,18H2,1-3H3. The largest absolute Gasteiger partial charge is 0.573 e. The molecule has 0 fully saturated rings. The van der Waals surface area contributed by atoms with Gasteiger partial charge in [-0.15, -0.1) is 13.2 Å². The van der Waals surface area contributed by atoms with E-state index >= 15 is 0 Å². The van der Waals surface area contributed by atoms with Crippen LogP contribution >= 0.6 is 0 Å². The monoisotopic (exact) mass is 306 g/mol. The van der Waals surface area contributed by atoms with E-state index in [1.165, 1.54) is 18.2 Å². The topological polar surface area (TPSA) is 56.5 Å². The smallest absolute Gasteiger partial charge is 0.406 e. The molecule has 1 unspecified atom stereocenters. The quantitative estimate of drug-likeness (QED) is 0.599. The van der Waals surface area contributed by atoms with Gasteiger partial charge >= 0.3 is 6.36 Å². The van der Waals surface area contributed by atoms with E-state index in [0.717, 1.165) is 0 Å². The third-order valence-electron chi connectivity index (χ3n) is 3.72. The molecule has 0 spiro atoms. The molecule has 7 heteroatoms. The molecule has 0 bridgehead atoms. The van der Waals surface area contributed by atoms with Gasteiger partial charge in [-0.3, -0.25) is 11.3 Å². The van der Waals surface area contributed by atoms with Crippen LogP contribution in [0.25, 0.3) is 0 Å². The maximum Gasteiger partial charge on any atom is 0.573 e. The van der Waals surface area contributed by atoms with Gasteiger partial charge in [0.25, 0.3) is 0 Å². The van der Waals surface area contributed by atoms with Crippen LogP contribution in [0.5, 0.6) is 5.75 Å². The summed E-state index contributed by atoms with van der Waals surface area (Å²) in [5.41, 5.74) is 2.61. The zero-order chi connectivity index (χ0) is 16.1. The number of halogens is 3. The Morgan fingerprint density at radius 1 is 1.24 bits per heavy atom. The van der Waals surface area contributed by atoms with Crippen molar-refractivity contribution in [3.63, 3.8) is 0 Å². The van der Waals surface area contributed by atoms with Crippen LogP contribution in [0.2, 0.25) is 0 Å². The first-order valence-corrected chi connectivity index (χ1v) is 6.68. The SMILES string of the molecule is CCC(CC)(OC)C(NN)c1cccc(OC(F)(F)F)c1. The van der Waals surface area contributed by atoms with E-state index in [1.807, 2.05) is 13.8 Å². The minimum Gasteiger partial charge on any atom is -0.406 e. The Morgan fingerprint density at radius 2 is 1.86 bits per heavy atom. The summed E-state index contributed by atoms with van der Waals surface area (Å²) >= 11 is 0. The molecule has 0 amide bonds. The highest BCUT2D eigenvalue weighted by Gasteiger charge is 2.37. The van der Waals surface area contributed by atoms with Gasteiger partial charge in [0, 0.05) is 7.11 Å². The van der Waals surface area contributed by atoms with Crippen molar-refractivity contribution in [3.05, 3.63) is 29.8 Å². The van der Waals surface area contributed by atoms with Gasteiger partial charge in [-0.05, 0) is 30.5 Å². The van der Waals surface area contributed by atoms with Crippen molar-refractivity contribution in [3.8, 4) is 5.75 Å². The molecule has 0 saturated carbocycles. The van der Waals surface area contributed by atoms with Crippen molar-refractivity contribution < 1.29 is 22.6 Å². The van der Waals surface area contributed by atoms with Crippen LogP contribution in [0, 0.1) is 0 Å². The number of benzene rings is 1. The molecule has 0 aliphatic rings. The van der Waals surface area contributed by atoms with Crippen LogP contribution in [-0.2, 0) is 4.74 Å². The van der Waals surface area contributed by atoms with E-state index in [-0.39, 0.29) is 5.75 Å². The van der Waals surface area contributed by atoms with Crippen LogP contribution in [0.3, 0.4) is 0 Å². The Morgan fingerprint density at radius 3 is 2.29 bits per heavy atom. The van der Waals surface area contributed by atoms with E-state index in [4.69, 9.17) is 10.6 Å². The highest BCUT2D eigenvalue weighted by molar-refractivity contribution is 5.32. The fraction of sp³-hybridized carbons (Fsp3) is 0.571. The number of hydrogen-bond acceptors (Lipinski definition) is 4. The second kappa shape index (κ2) is 7.11. The van der Waals surface area contributed by atoms with Crippen LogP contribution in [0.1, 0.15) is 38.3 Å². The van der Waals surface area contributed by atoms with E-state index < -0.39 is 18.0 Å². The lowest BCUT2D eigenvalue weighted by Gasteiger charge is -2.38. The Balaban J connectivity index is 3.14. The lowest BCUT2D eigenvalue weighted by molar-refractivity contribution is -0.274. The van der Waals surface area contributed by atoms with Gasteiger partial charge in [-0.2, -0.15) is 0 Å². The summed E-state index contributed by atoms with van der Waals surface area (Å²) in [7, 11) is 1.56. The van der Waals surface area contributed by atoms with Gasteiger partial charge in [0.05, 0.1) is 11.6 Å². The molecule has 1 rings (SSSR count). The summed E-state index contributed by atoms with van der Waals surface area (Å²) in [6.07, 6.45) is -3.42. The molecule has 0 aliphatic carbocycles. The number of rotatable bonds is 7. The van der Waals surface area contributed by atoms with Crippen molar-refractivity contribution in [2.24, 2.45) is 5.84 Å². The highest BCUT2D eigenvalue weighted by atomic mass is 19.4. The first-order valence-electron chi connectivity index (χ1n) is 6.68. The molecule has 21 heavy (non-hydrogen) atoms. The molecule has 0 aromatic heterocycles. The summed E-state index contributed by atoms with van der Waals surface area (Å²) in [5, 5.41) is 0. The summed E-state index contributed by atoms with van der Waals surface area (Å²) in [4.78, 5) is 0. The van der Waals surface area contributed by atoms with Crippen LogP contribution < -0.4 is 16.0 Å². The number of ether oxygens (including phenoxy) is 2. The number of nitrogens with one attached hydrogen (secondary N) is 1. The van der Waals surface area contributed by atoms with Crippen molar-refractivity contribution in [1.82, 2.24) is 5.43 Å². The minimum absolute atomic E-state index is 0.280. The summed E-state index contributed by atoms with van der Waals surface area (Å²) in [5.74, 6) is 5.32. The van der Waals surface area contributed by atoms with Gasteiger partial charge in [0.1, 0.15) is 5.75 Å². The number of nitrogens with two attached hydrogens (primary N) is 1. The Labute approximate surface area is 122 Å². The summed E-state index contributed by atoms with van der Waals surface area (Å²) < 4.78 is 46.4. The van der Waals surface area contributed by atoms with Gasteiger partial charge in [-0.25, -0.2) is 0 Å². The third-order valence-corrected chi connectivity index (χ3v) is 3.72. The predicted molar refractivity (Wildman–Crippen MR) is 73.5 cm³/mol. The predicted octanol–water partition coefficient (Wildman–Crippen LogP) is 3.29. The van der Waals surface area contributed by atoms with Crippen molar-refractivity contribution in [2.75, 3.05) is 7.11 Å². The number of methoxy groups -OCH3 is 1. The lowest BCUT2D eigenvalue weighted by atomic mass is 9.84. The first-order chi connectivity index (χ1) is 9.81. The molecule has 1 aromatic rings. The van der Waals surface area contributed by atoms with Crippen LogP contribution in [0.4, 0.5) is 13.2 Å². The molecular formula is C14H21F3N2O2. The highest BCUT2D eigenvalue weighted by Crippen LogP contribution is 2.36. The molecule has 1 aromatic carbocycles. The van der Waals surface area contributed by atoms with E-state index in [1.54, 1.807) is 13.2 Å². The molecule has 120 valence electrons. The molecule has 0 heterocycles. The Bertz CT molecular complexity index is 440. The van der Waals surface area contributed by atoms with E-state index in [2.05, 4.69) is 10.2 Å². The van der Waals surface area contributed by atoms with Gasteiger partial charge < -0.3 is 9.47 Å². The Kier molecular flexibility index (Phi) is 6.00. The molecule has 0 radical (unpaired) electrons. The van der Waals surface area contributed by atoms with Crippen molar-refractivity contribution in [2.45, 2.75) is 44.7 Å². The zero-order valence-electron chi connectivity index (χ0n) is 12.3.